The van der Waals surface area contributed by atoms with Gasteiger partial charge < -0.3 is 20.4 Å². The van der Waals surface area contributed by atoms with Crippen LogP contribution in [0.25, 0.3) is 0 Å². The second kappa shape index (κ2) is 9.96. The summed E-state index contributed by atoms with van der Waals surface area (Å²) in [4.78, 5) is 36.3. The number of rotatable bonds is 7. The summed E-state index contributed by atoms with van der Waals surface area (Å²) in [5.74, 6) is -0.689. The summed E-state index contributed by atoms with van der Waals surface area (Å²) in [5, 5.41) is 8.12. The highest BCUT2D eigenvalue weighted by Crippen LogP contribution is 2.22. The fraction of sp³-hybridized carbons (Fsp3) is 0.240. The molecule has 1 heterocycles. The number of carbonyl (C=O) groups is 3. The predicted octanol–water partition coefficient (Wildman–Crippen LogP) is 3.88. The first-order chi connectivity index (χ1) is 15.2. The molecule has 32 heavy (non-hydrogen) atoms. The smallest absolute Gasteiger partial charge is 0.291 e. The van der Waals surface area contributed by atoms with E-state index in [0.717, 1.165) is 11.1 Å². The number of furan rings is 1. The molecule has 0 saturated carbocycles. The van der Waals surface area contributed by atoms with Crippen molar-refractivity contribution in [3.8, 4) is 0 Å². The SMILES string of the molecule is CC(C)(C)c1ccc(C(=O)NCC(=O)NCc2ccc(NC(=O)c3ccco3)cc2)cc1. The zero-order chi connectivity index (χ0) is 23.1. The Balaban J connectivity index is 1.42. The molecule has 0 bridgehead atoms. The summed E-state index contributed by atoms with van der Waals surface area (Å²) in [6.45, 7) is 6.52. The Morgan fingerprint density at radius 1 is 0.844 bits per heavy atom. The van der Waals surface area contributed by atoms with Gasteiger partial charge in [-0.2, -0.15) is 0 Å². The number of anilines is 1. The third-order valence-electron chi connectivity index (χ3n) is 4.87. The first-order valence-corrected chi connectivity index (χ1v) is 10.3. The van der Waals surface area contributed by atoms with Gasteiger partial charge in [-0.25, -0.2) is 0 Å². The Bertz CT molecular complexity index is 1060. The van der Waals surface area contributed by atoms with Crippen LogP contribution in [-0.2, 0) is 16.8 Å². The summed E-state index contributed by atoms with van der Waals surface area (Å²) in [7, 11) is 0. The Labute approximate surface area is 187 Å². The number of hydrogen-bond acceptors (Lipinski definition) is 4. The molecule has 3 amide bonds. The van der Waals surface area contributed by atoms with Gasteiger partial charge in [0, 0.05) is 17.8 Å². The van der Waals surface area contributed by atoms with Gasteiger partial charge in [0.25, 0.3) is 11.8 Å². The van der Waals surface area contributed by atoms with Crippen LogP contribution in [0.5, 0.6) is 0 Å². The van der Waals surface area contributed by atoms with E-state index in [1.54, 1.807) is 48.5 Å². The zero-order valence-electron chi connectivity index (χ0n) is 18.4. The molecule has 0 radical (unpaired) electrons. The van der Waals surface area contributed by atoms with E-state index >= 15 is 0 Å². The van der Waals surface area contributed by atoms with Crippen LogP contribution >= 0.6 is 0 Å². The molecule has 3 rings (SSSR count). The van der Waals surface area contributed by atoms with Crippen molar-refractivity contribution in [1.29, 1.82) is 0 Å². The first kappa shape index (κ1) is 22.8. The molecule has 0 saturated heterocycles. The molecule has 0 aliphatic rings. The molecule has 0 aliphatic carbocycles. The topological polar surface area (TPSA) is 100 Å². The predicted molar refractivity (Wildman–Crippen MR) is 122 cm³/mol. The lowest BCUT2D eigenvalue weighted by Crippen LogP contribution is -2.36. The Morgan fingerprint density at radius 3 is 2.12 bits per heavy atom. The third-order valence-corrected chi connectivity index (χ3v) is 4.87. The second-order valence-corrected chi connectivity index (χ2v) is 8.42. The van der Waals surface area contributed by atoms with E-state index in [-0.39, 0.29) is 35.4 Å². The fourth-order valence-corrected chi connectivity index (χ4v) is 2.95. The maximum atomic E-state index is 12.3. The minimum Gasteiger partial charge on any atom is -0.459 e. The van der Waals surface area contributed by atoms with Crippen LogP contribution < -0.4 is 16.0 Å². The van der Waals surface area contributed by atoms with Gasteiger partial charge in [0.05, 0.1) is 12.8 Å². The van der Waals surface area contributed by atoms with Crippen molar-refractivity contribution in [3.63, 3.8) is 0 Å². The number of hydrogen-bond donors (Lipinski definition) is 3. The van der Waals surface area contributed by atoms with Gasteiger partial charge >= 0.3 is 0 Å². The summed E-state index contributed by atoms with van der Waals surface area (Å²) in [5.41, 5.74) is 3.14. The van der Waals surface area contributed by atoms with Crippen LogP contribution in [-0.4, -0.2) is 24.3 Å². The molecule has 0 spiro atoms. The van der Waals surface area contributed by atoms with Crippen LogP contribution in [0.3, 0.4) is 0 Å². The van der Waals surface area contributed by atoms with Gasteiger partial charge in [-0.15, -0.1) is 0 Å². The summed E-state index contributed by atoms with van der Waals surface area (Å²) >= 11 is 0. The van der Waals surface area contributed by atoms with E-state index in [4.69, 9.17) is 4.42 Å². The van der Waals surface area contributed by atoms with Crippen molar-refractivity contribution >= 4 is 23.4 Å². The Morgan fingerprint density at radius 2 is 1.53 bits per heavy atom. The van der Waals surface area contributed by atoms with Gasteiger partial charge in [0.2, 0.25) is 5.91 Å². The average molecular weight is 434 g/mol. The van der Waals surface area contributed by atoms with Gasteiger partial charge in [-0.3, -0.25) is 14.4 Å². The molecule has 0 aliphatic heterocycles. The molecule has 1 aromatic heterocycles. The Hall–Kier alpha value is -3.87. The van der Waals surface area contributed by atoms with Crippen LogP contribution in [0.4, 0.5) is 5.69 Å². The van der Waals surface area contributed by atoms with E-state index in [1.807, 2.05) is 12.1 Å². The second-order valence-electron chi connectivity index (χ2n) is 8.42. The van der Waals surface area contributed by atoms with Gasteiger partial charge in [0.15, 0.2) is 5.76 Å². The van der Waals surface area contributed by atoms with Crippen LogP contribution in [0.2, 0.25) is 0 Å². The molecule has 166 valence electrons. The van der Waals surface area contributed by atoms with E-state index in [9.17, 15) is 14.4 Å². The van der Waals surface area contributed by atoms with Gasteiger partial charge in [0.1, 0.15) is 0 Å². The molecule has 3 N–H and O–H groups in total. The summed E-state index contributed by atoms with van der Waals surface area (Å²) in [6, 6.07) is 17.7. The Kier molecular flexibility index (Phi) is 7.10. The standard InChI is InChI=1S/C25H27N3O4/c1-25(2,3)19-10-8-18(9-11-19)23(30)27-16-22(29)26-15-17-6-12-20(13-7-17)28-24(31)21-5-4-14-32-21/h4-14H,15-16H2,1-3H3,(H,26,29)(H,27,30)(H,28,31). The average Bonchev–Trinajstić information content (AvgIpc) is 3.32. The molecule has 7 nitrogen and oxygen atoms in total. The number of carbonyl (C=O) groups excluding carboxylic acids is 3. The molecular formula is C25H27N3O4. The lowest BCUT2D eigenvalue weighted by atomic mass is 9.87. The minimum atomic E-state index is -0.333. The molecule has 3 aromatic rings. The van der Waals surface area contributed by atoms with Crippen molar-refractivity contribution in [2.75, 3.05) is 11.9 Å². The van der Waals surface area contributed by atoms with Crippen molar-refractivity contribution < 1.29 is 18.8 Å². The van der Waals surface area contributed by atoms with E-state index in [1.165, 1.54) is 6.26 Å². The largest absolute Gasteiger partial charge is 0.459 e. The fourth-order valence-electron chi connectivity index (χ4n) is 2.95. The van der Waals surface area contributed by atoms with Crippen LogP contribution in [0, 0.1) is 0 Å². The van der Waals surface area contributed by atoms with E-state index in [2.05, 4.69) is 36.7 Å². The van der Waals surface area contributed by atoms with Crippen LogP contribution in [0.15, 0.2) is 71.3 Å². The highest BCUT2D eigenvalue weighted by molar-refractivity contribution is 6.02. The highest BCUT2D eigenvalue weighted by Gasteiger charge is 2.14. The summed E-state index contributed by atoms with van der Waals surface area (Å²) in [6.07, 6.45) is 1.44. The minimum absolute atomic E-state index is 0.0120. The molecule has 0 atom stereocenters. The summed E-state index contributed by atoms with van der Waals surface area (Å²) < 4.78 is 5.05. The van der Waals surface area contributed by atoms with Crippen molar-refractivity contribution in [3.05, 3.63) is 89.4 Å². The lowest BCUT2D eigenvalue weighted by molar-refractivity contribution is -0.120. The van der Waals surface area contributed by atoms with E-state index in [0.29, 0.717) is 17.8 Å². The monoisotopic (exact) mass is 433 g/mol. The van der Waals surface area contributed by atoms with Crippen molar-refractivity contribution in [2.45, 2.75) is 32.7 Å². The quantitative estimate of drug-likeness (QED) is 0.526. The first-order valence-electron chi connectivity index (χ1n) is 10.3. The molecule has 7 heteroatoms. The third kappa shape index (κ3) is 6.31. The molecular weight excluding hydrogens is 406 g/mol. The lowest BCUT2D eigenvalue weighted by Gasteiger charge is -2.19. The van der Waals surface area contributed by atoms with Gasteiger partial charge in [-0.05, 0) is 52.9 Å². The van der Waals surface area contributed by atoms with E-state index < -0.39 is 0 Å². The van der Waals surface area contributed by atoms with Gasteiger partial charge in [-0.1, -0.05) is 45.0 Å². The van der Waals surface area contributed by atoms with Crippen LogP contribution in [0.1, 0.15) is 52.8 Å². The highest BCUT2D eigenvalue weighted by atomic mass is 16.3. The normalized spacial score (nSPS) is 11.0. The number of benzene rings is 2. The number of amides is 3. The molecule has 2 aromatic carbocycles. The molecule has 0 unspecified atom stereocenters. The van der Waals surface area contributed by atoms with Crippen molar-refractivity contribution in [1.82, 2.24) is 10.6 Å². The zero-order valence-corrected chi connectivity index (χ0v) is 18.4. The maximum absolute atomic E-state index is 12.3. The number of nitrogens with one attached hydrogen (secondary N) is 3. The van der Waals surface area contributed by atoms with Crippen molar-refractivity contribution in [2.24, 2.45) is 0 Å². The molecule has 0 fully saturated rings. The maximum Gasteiger partial charge on any atom is 0.291 e.